The predicted molar refractivity (Wildman–Crippen MR) is 310 cm³/mol. The van der Waals surface area contributed by atoms with E-state index in [1.54, 1.807) is 6.08 Å². The zero-order chi connectivity index (χ0) is 54.7. The zero-order valence-corrected chi connectivity index (χ0v) is 47.4. The maximum Gasteiger partial charge on any atom is 0.306 e. The molecule has 0 radical (unpaired) electrons. The van der Waals surface area contributed by atoms with Crippen molar-refractivity contribution in [3.05, 3.63) is 97.2 Å². The van der Waals surface area contributed by atoms with E-state index >= 15 is 0 Å². The van der Waals surface area contributed by atoms with E-state index in [9.17, 15) is 35.1 Å². The zero-order valence-electron chi connectivity index (χ0n) is 47.4. The van der Waals surface area contributed by atoms with E-state index in [0.29, 0.717) is 12.8 Å². The number of hydrogen-bond acceptors (Lipinski definition) is 10. The van der Waals surface area contributed by atoms with Gasteiger partial charge in [-0.2, -0.15) is 0 Å². The van der Waals surface area contributed by atoms with Crippen LogP contribution in [0.2, 0.25) is 0 Å². The lowest BCUT2D eigenvalue weighted by Gasteiger charge is -2.41. The molecule has 1 amide bonds. The van der Waals surface area contributed by atoms with Gasteiger partial charge in [-0.05, 0) is 103 Å². The van der Waals surface area contributed by atoms with E-state index in [4.69, 9.17) is 14.2 Å². The third-order valence-electron chi connectivity index (χ3n) is 13.5. The van der Waals surface area contributed by atoms with Gasteiger partial charge in [0, 0.05) is 6.42 Å². The van der Waals surface area contributed by atoms with Crippen molar-refractivity contribution in [3.63, 3.8) is 0 Å². The molecule has 0 saturated carbocycles. The van der Waals surface area contributed by atoms with E-state index in [1.165, 1.54) is 77.0 Å². The van der Waals surface area contributed by atoms with Gasteiger partial charge in [0.15, 0.2) is 12.4 Å². The lowest BCUT2D eigenvalue weighted by atomic mass is 9.99. The molecular weight excluding hydrogens is 943 g/mol. The first-order chi connectivity index (χ1) is 36.7. The van der Waals surface area contributed by atoms with E-state index in [2.05, 4.69) is 111 Å². The molecule has 8 atom stereocenters. The van der Waals surface area contributed by atoms with Crippen LogP contribution in [0.25, 0.3) is 0 Å². The second-order valence-corrected chi connectivity index (χ2v) is 20.3. The number of hydrogen-bond donors (Lipinski definition) is 6. The summed E-state index contributed by atoms with van der Waals surface area (Å²) in [7, 11) is 0. The van der Waals surface area contributed by atoms with Crippen LogP contribution in [0.5, 0.6) is 0 Å². The molecular formula is C64H109NO10. The Morgan fingerprint density at radius 3 is 1.45 bits per heavy atom. The highest BCUT2D eigenvalue weighted by Gasteiger charge is 2.47. The summed E-state index contributed by atoms with van der Waals surface area (Å²) in [6.45, 7) is 5.61. The minimum Gasteiger partial charge on any atom is -0.454 e. The van der Waals surface area contributed by atoms with Crippen LogP contribution in [0.4, 0.5) is 0 Å². The average Bonchev–Trinajstić information content (AvgIpc) is 3.41. The van der Waals surface area contributed by atoms with Crippen molar-refractivity contribution in [2.75, 3.05) is 13.2 Å². The van der Waals surface area contributed by atoms with Crippen LogP contribution in [0.3, 0.4) is 0 Å². The van der Waals surface area contributed by atoms with E-state index in [0.717, 1.165) is 109 Å². The van der Waals surface area contributed by atoms with Crippen molar-refractivity contribution >= 4 is 11.9 Å². The number of carbonyl (C=O) groups is 2. The number of rotatable bonds is 49. The number of amides is 1. The second-order valence-electron chi connectivity index (χ2n) is 20.3. The molecule has 0 aromatic heterocycles. The molecule has 6 N–H and O–H groups in total. The maximum absolute atomic E-state index is 13.4. The quantitative estimate of drug-likeness (QED) is 0.0195. The fourth-order valence-corrected chi connectivity index (χ4v) is 8.71. The maximum atomic E-state index is 13.4. The Labute approximate surface area is 456 Å². The summed E-state index contributed by atoms with van der Waals surface area (Å²) in [6, 6.07) is -1.05. The standard InChI is InChI=1S/C64H109NO10/c1-4-7-10-13-16-19-22-24-25-26-27-28-29-30-31-32-34-36-39-42-45-48-51-57(68)63(72)65-55(56(67)50-47-44-41-38-35-21-18-15-12-9-6-3)54-73-64-62(61(71)60(70)58(53-66)74-64)75-59(69)52-49-46-43-40-37-33-23-20-17-14-11-8-5-2/h7,10,16,19,24-25,27-28,30-31,33-34,36-37,47,50,55-58,60-62,64,66-68,70-71H,4-6,8-9,11-15,17-18,20-23,26,29,32,35,38-46,48-49,51-54H2,1-3H3,(H,65,72)/b10-7-,19-16-,25-24-,28-27-,31-30-,36-34-,37-33-,50-47+. The lowest BCUT2D eigenvalue weighted by Crippen LogP contribution is -2.61. The van der Waals surface area contributed by atoms with Crippen molar-refractivity contribution in [1.29, 1.82) is 0 Å². The van der Waals surface area contributed by atoms with Crippen LogP contribution in [-0.2, 0) is 23.8 Å². The third-order valence-corrected chi connectivity index (χ3v) is 13.5. The second kappa shape index (κ2) is 51.3. The Balaban J connectivity index is 2.71. The largest absolute Gasteiger partial charge is 0.454 e. The van der Waals surface area contributed by atoms with E-state index in [1.807, 2.05) is 6.08 Å². The highest BCUT2D eigenvalue weighted by atomic mass is 16.7. The van der Waals surface area contributed by atoms with Crippen molar-refractivity contribution in [2.45, 2.75) is 282 Å². The minimum absolute atomic E-state index is 0.0957. The van der Waals surface area contributed by atoms with Gasteiger partial charge in [-0.1, -0.05) is 221 Å². The van der Waals surface area contributed by atoms with Crippen LogP contribution in [-0.4, -0.2) is 99.6 Å². The molecule has 1 fully saturated rings. The molecule has 1 rings (SSSR count). The van der Waals surface area contributed by atoms with Crippen LogP contribution < -0.4 is 5.32 Å². The monoisotopic (exact) mass is 1050 g/mol. The van der Waals surface area contributed by atoms with Gasteiger partial charge in [0.1, 0.15) is 24.4 Å². The van der Waals surface area contributed by atoms with Crippen molar-refractivity contribution < 1.29 is 49.3 Å². The highest BCUT2D eigenvalue weighted by molar-refractivity contribution is 5.80. The van der Waals surface area contributed by atoms with Crippen molar-refractivity contribution in [3.8, 4) is 0 Å². The SMILES string of the molecule is CC/C=C\C/C=C\C/C=C\C/C=C\C/C=C\C/C=C\CCCCCC(O)C(=O)NC(COC1OC(CO)C(O)C(O)C1OC(=O)CCCCC/C=C\CCCCCCCC)C(O)/C=C/CCCCCCCCCCC. The molecule has 1 aliphatic heterocycles. The number of aliphatic hydroxyl groups is 5. The first kappa shape index (κ1) is 69.6. The predicted octanol–water partition coefficient (Wildman–Crippen LogP) is 13.9. The number of unbranched alkanes of at least 4 members (excludes halogenated alkanes) is 21. The Kier molecular flexibility index (Phi) is 47.6. The van der Waals surface area contributed by atoms with Gasteiger partial charge in [0.25, 0.3) is 0 Å². The van der Waals surface area contributed by atoms with Gasteiger partial charge < -0.3 is 45.1 Å². The summed E-state index contributed by atoms with van der Waals surface area (Å²) in [6.07, 6.45) is 57.4. The first-order valence-corrected chi connectivity index (χ1v) is 30.0. The topological polar surface area (TPSA) is 175 Å². The number of carbonyl (C=O) groups excluding carboxylic acids is 2. The van der Waals surface area contributed by atoms with Gasteiger partial charge in [-0.15, -0.1) is 0 Å². The van der Waals surface area contributed by atoms with Crippen molar-refractivity contribution in [2.24, 2.45) is 0 Å². The molecule has 1 heterocycles. The Hall–Kier alpha value is -3.42. The molecule has 0 aliphatic carbocycles. The van der Waals surface area contributed by atoms with Crippen molar-refractivity contribution in [1.82, 2.24) is 5.32 Å². The van der Waals surface area contributed by atoms with Crippen LogP contribution >= 0.6 is 0 Å². The number of esters is 1. The Morgan fingerprint density at radius 1 is 0.533 bits per heavy atom. The van der Waals surface area contributed by atoms with Crippen LogP contribution in [0, 0.1) is 0 Å². The molecule has 1 saturated heterocycles. The number of allylic oxidation sites excluding steroid dienone is 15. The smallest absolute Gasteiger partial charge is 0.306 e. The third kappa shape index (κ3) is 39.6. The summed E-state index contributed by atoms with van der Waals surface area (Å²) >= 11 is 0. The van der Waals surface area contributed by atoms with Gasteiger partial charge in [-0.3, -0.25) is 9.59 Å². The average molecular weight is 1050 g/mol. The summed E-state index contributed by atoms with van der Waals surface area (Å²) < 4.78 is 17.5. The Morgan fingerprint density at radius 2 is 0.960 bits per heavy atom. The Bertz CT molecular complexity index is 1580. The van der Waals surface area contributed by atoms with Gasteiger partial charge in [-0.25, -0.2) is 0 Å². The normalized spacial score (nSPS) is 19.9. The molecule has 75 heavy (non-hydrogen) atoms. The molecule has 0 spiro atoms. The summed E-state index contributed by atoms with van der Waals surface area (Å²) in [5, 5.41) is 56.8. The lowest BCUT2D eigenvalue weighted by molar-refractivity contribution is -0.305. The summed E-state index contributed by atoms with van der Waals surface area (Å²) in [5.41, 5.74) is 0. The molecule has 11 nitrogen and oxygen atoms in total. The van der Waals surface area contributed by atoms with Gasteiger partial charge in [0.2, 0.25) is 5.91 Å². The summed E-state index contributed by atoms with van der Waals surface area (Å²) in [4.78, 5) is 26.5. The summed E-state index contributed by atoms with van der Waals surface area (Å²) in [5.74, 6) is -1.24. The number of aliphatic hydroxyl groups excluding tert-OH is 5. The number of nitrogens with one attached hydrogen (secondary N) is 1. The van der Waals surface area contributed by atoms with Gasteiger partial charge in [0.05, 0.1) is 25.4 Å². The first-order valence-electron chi connectivity index (χ1n) is 30.0. The fraction of sp³-hybridized carbons (Fsp3) is 0.719. The van der Waals surface area contributed by atoms with E-state index in [-0.39, 0.29) is 19.4 Å². The minimum atomic E-state index is -1.63. The molecule has 8 unspecified atom stereocenters. The van der Waals surface area contributed by atoms with Crippen LogP contribution in [0.1, 0.15) is 233 Å². The number of ether oxygens (including phenoxy) is 3. The van der Waals surface area contributed by atoms with Gasteiger partial charge >= 0.3 is 5.97 Å². The van der Waals surface area contributed by atoms with Crippen LogP contribution in [0.15, 0.2) is 97.2 Å². The molecule has 0 aromatic rings. The molecule has 11 heteroatoms. The molecule has 0 aromatic carbocycles. The molecule has 1 aliphatic rings. The fourth-order valence-electron chi connectivity index (χ4n) is 8.71. The molecule has 430 valence electrons. The molecule has 0 bridgehead atoms. The van der Waals surface area contributed by atoms with E-state index < -0.39 is 67.4 Å². The highest BCUT2D eigenvalue weighted by Crippen LogP contribution is 2.26.